The highest BCUT2D eigenvalue weighted by Gasteiger charge is 2.32. The first kappa shape index (κ1) is 15.4. The molecule has 0 aromatic carbocycles. The quantitative estimate of drug-likeness (QED) is 0.794. The van der Waals surface area contributed by atoms with Crippen LogP contribution in [0.5, 0.6) is 0 Å². The lowest BCUT2D eigenvalue weighted by atomic mass is 10.1. The number of rotatable bonds is 5. The van der Waals surface area contributed by atoms with Crippen molar-refractivity contribution in [3.05, 3.63) is 30.1 Å². The summed E-state index contributed by atoms with van der Waals surface area (Å²) >= 11 is 0. The molecule has 0 radical (unpaired) electrons. The number of aromatic nitrogens is 1. The van der Waals surface area contributed by atoms with Gasteiger partial charge in [0.2, 0.25) is 5.91 Å². The molecule has 0 aliphatic carbocycles. The monoisotopic (exact) mass is 291 g/mol. The van der Waals surface area contributed by atoms with E-state index < -0.39 is 6.04 Å². The first-order chi connectivity index (χ1) is 10.2. The van der Waals surface area contributed by atoms with Crippen molar-refractivity contribution in [2.75, 3.05) is 26.2 Å². The summed E-state index contributed by atoms with van der Waals surface area (Å²) in [7, 11) is 0. The largest absolute Gasteiger partial charge is 0.464 e. The van der Waals surface area contributed by atoms with E-state index in [0.29, 0.717) is 39.1 Å². The number of amides is 1. The number of esters is 1. The summed E-state index contributed by atoms with van der Waals surface area (Å²) in [6.07, 6.45) is 2.65. The van der Waals surface area contributed by atoms with Gasteiger partial charge in [0.15, 0.2) is 0 Å². The lowest BCUT2D eigenvalue weighted by Crippen LogP contribution is -2.57. The molecule has 1 aromatic rings. The van der Waals surface area contributed by atoms with Crippen LogP contribution in [0.2, 0.25) is 0 Å². The molecule has 1 saturated heterocycles. The van der Waals surface area contributed by atoms with E-state index in [0.717, 1.165) is 5.69 Å². The molecular formula is C15H21N3O3. The summed E-state index contributed by atoms with van der Waals surface area (Å²) in [4.78, 5) is 30.1. The minimum atomic E-state index is -0.519. The smallest absolute Gasteiger partial charge is 0.330 e. The molecule has 0 spiro atoms. The molecule has 1 N–H and O–H groups in total. The lowest BCUT2D eigenvalue weighted by molar-refractivity contribution is -0.155. The molecule has 1 aliphatic rings. The molecule has 1 aliphatic heterocycles. The van der Waals surface area contributed by atoms with E-state index in [-0.39, 0.29) is 11.9 Å². The summed E-state index contributed by atoms with van der Waals surface area (Å²) in [5.41, 5.74) is 0.883. The predicted octanol–water partition coefficient (Wildman–Crippen LogP) is 0.378. The van der Waals surface area contributed by atoms with Crippen LogP contribution in [-0.2, 0) is 20.7 Å². The first-order valence-electron chi connectivity index (χ1n) is 7.29. The second-order valence-electron chi connectivity index (χ2n) is 4.88. The Bertz CT molecular complexity index is 478. The van der Waals surface area contributed by atoms with Gasteiger partial charge >= 0.3 is 5.97 Å². The van der Waals surface area contributed by atoms with Gasteiger partial charge in [-0.2, -0.15) is 0 Å². The summed E-state index contributed by atoms with van der Waals surface area (Å²) in [5.74, 6) is -0.365. The number of aryl methyl sites for hydroxylation is 1. The molecule has 114 valence electrons. The highest BCUT2D eigenvalue weighted by molar-refractivity contribution is 5.85. The molecular weight excluding hydrogens is 270 g/mol. The van der Waals surface area contributed by atoms with Gasteiger partial charge in [-0.3, -0.25) is 9.78 Å². The number of hydrogen-bond acceptors (Lipinski definition) is 5. The molecule has 0 bridgehead atoms. The zero-order valence-corrected chi connectivity index (χ0v) is 12.2. The van der Waals surface area contributed by atoms with Crippen molar-refractivity contribution in [3.8, 4) is 0 Å². The van der Waals surface area contributed by atoms with E-state index in [2.05, 4.69) is 10.3 Å². The van der Waals surface area contributed by atoms with Gasteiger partial charge in [0.1, 0.15) is 6.04 Å². The van der Waals surface area contributed by atoms with E-state index in [1.807, 2.05) is 18.2 Å². The fourth-order valence-corrected chi connectivity index (χ4v) is 2.38. The van der Waals surface area contributed by atoms with Crippen LogP contribution in [0, 0.1) is 0 Å². The van der Waals surface area contributed by atoms with Crippen LogP contribution >= 0.6 is 0 Å². The zero-order valence-electron chi connectivity index (χ0n) is 12.2. The van der Waals surface area contributed by atoms with Gasteiger partial charge in [-0.25, -0.2) is 4.79 Å². The SMILES string of the molecule is CCOC(=O)C1CNCCN1C(=O)CCc1ccccn1. The van der Waals surface area contributed by atoms with Gasteiger partial charge in [0.25, 0.3) is 0 Å². The second kappa shape index (κ2) is 7.73. The number of nitrogens with zero attached hydrogens (tertiary/aromatic N) is 2. The van der Waals surface area contributed by atoms with Gasteiger partial charge in [-0.15, -0.1) is 0 Å². The Morgan fingerprint density at radius 2 is 2.33 bits per heavy atom. The fraction of sp³-hybridized carbons (Fsp3) is 0.533. The fourth-order valence-electron chi connectivity index (χ4n) is 2.38. The third-order valence-electron chi connectivity index (χ3n) is 3.44. The van der Waals surface area contributed by atoms with Crippen LogP contribution in [0.15, 0.2) is 24.4 Å². The van der Waals surface area contributed by atoms with Crippen LogP contribution in [-0.4, -0.2) is 54.0 Å². The number of pyridine rings is 1. The summed E-state index contributed by atoms with van der Waals surface area (Å²) in [6.45, 7) is 3.77. The maximum Gasteiger partial charge on any atom is 0.330 e. The molecule has 21 heavy (non-hydrogen) atoms. The van der Waals surface area contributed by atoms with Gasteiger partial charge < -0.3 is 15.0 Å². The van der Waals surface area contributed by atoms with Gasteiger partial charge in [-0.1, -0.05) is 6.07 Å². The normalized spacial score (nSPS) is 18.3. The predicted molar refractivity (Wildman–Crippen MR) is 77.6 cm³/mol. The van der Waals surface area contributed by atoms with E-state index >= 15 is 0 Å². The Balaban J connectivity index is 1.93. The number of ether oxygens (including phenoxy) is 1. The Hall–Kier alpha value is -1.95. The summed E-state index contributed by atoms with van der Waals surface area (Å²) in [5, 5.41) is 3.13. The summed E-state index contributed by atoms with van der Waals surface area (Å²) < 4.78 is 5.04. The number of carbonyl (C=O) groups excluding carboxylic acids is 2. The van der Waals surface area contributed by atoms with Crippen molar-refractivity contribution in [2.45, 2.75) is 25.8 Å². The van der Waals surface area contributed by atoms with Crippen LogP contribution in [0.4, 0.5) is 0 Å². The molecule has 2 heterocycles. The Morgan fingerprint density at radius 1 is 1.48 bits per heavy atom. The molecule has 1 aromatic heterocycles. The standard InChI is InChI=1S/C15H21N3O3/c1-2-21-15(20)13-11-16-9-10-18(13)14(19)7-6-12-5-3-4-8-17-12/h3-5,8,13,16H,2,6-7,9-11H2,1H3. The topological polar surface area (TPSA) is 71.5 Å². The molecule has 1 fully saturated rings. The third kappa shape index (κ3) is 4.26. The Morgan fingerprint density at radius 3 is 3.05 bits per heavy atom. The molecule has 0 saturated carbocycles. The van der Waals surface area contributed by atoms with Crippen molar-refractivity contribution in [1.82, 2.24) is 15.2 Å². The van der Waals surface area contributed by atoms with Crippen LogP contribution < -0.4 is 5.32 Å². The van der Waals surface area contributed by atoms with E-state index in [1.54, 1.807) is 18.0 Å². The zero-order chi connectivity index (χ0) is 15.1. The molecule has 2 rings (SSSR count). The maximum absolute atomic E-state index is 12.4. The van der Waals surface area contributed by atoms with Crippen LogP contribution in [0.25, 0.3) is 0 Å². The molecule has 1 atom stereocenters. The molecule has 1 amide bonds. The number of carbonyl (C=O) groups is 2. The van der Waals surface area contributed by atoms with Gasteiger partial charge in [0.05, 0.1) is 6.61 Å². The average Bonchev–Trinajstić information content (AvgIpc) is 2.54. The minimum Gasteiger partial charge on any atom is -0.464 e. The second-order valence-corrected chi connectivity index (χ2v) is 4.88. The average molecular weight is 291 g/mol. The van der Waals surface area contributed by atoms with Gasteiger partial charge in [-0.05, 0) is 25.5 Å². The number of piperazine rings is 1. The highest BCUT2D eigenvalue weighted by Crippen LogP contribution is 2.10. The summed E-state index contributed by atoms with van der Waals surface area (Å²) in [6, 6.07) is 5.13. The lowest BCUT2D eigenvalue weighted by Gasteiger charge is -2.34. The van der Waals surface area contributed by atoms with Crippen molar-refractivity contribution in [2.24, 2.45) is 0 Å². The van der Waals surface area contributed by atoms with Crippen molar-refractivity contribution >= 4 is 11.9 Å². The third-order valence-corrected chi connectivity index (χ3v) is 3.44. The molecule has 6 nitrogen and oxygen atoms in total. The van der Waals surface area contributed by atoms with Crippen molar-refractivity contribution < 1.29 is 14.3 Å². The van der Waals surface area contributed by atoms with E-state index in [4.69, 9.17) is 4.74 Å². The van der Waals surface area contributed by atoms with Gasteiger partial charge in [0, 0.05) is 37.9 Å². The van der Waals surface area contributed by atoms with Crippen molar-refractivity contribution in [3.63, 3.8) is 0 Å². The molecule has 1 unspecified atom stereocenters. The first-order valence-corrected chi connectivity index (χ1v) is 7.29. The number of nitrogens with one attached hydrogen (secondary N) is 1. The van der Waals surface area contributed by atoms with E-state index in [1.165, 1.54) is 0 Å². The molecule has 6 heteroatoms. The Kier molecular flexibility index (Phi) is 5.68. The highest BCUT2D eigenvalue weighted by atomic mass is 16.5. The number of hydrogen-bond donors (Lipinski definition) is 1. The minimum absolute atomic E-state index is 0.0276. The van der Waals surface area contributed by atoms with Crippen molar-refractivity contribution in [1.29, 1.82) is 0 Å². The van der Waals surface area contributed by atoms with Crippen LogP contribution in [0.3, 0.4) is 0 Å². The van der Waals surface area contributed by atoms with Crippen LogP contribution in [0.1, 0.15) is 19.0 Å². The van der Waals surface area contributed by atoms with E-state index in [9.17, 15) is 9.59 Å². The maximum atomic E-state index is 12.4. The Labute approximate surface area is 124 Å².